The van der Waals surface area contributed by atoms with Gasteiger partial charge in [0.2, 0.25) is 5.91 Å². The van der Waals surface area contributed by atoms with Gasteiger partial charge in [-0.3, -0.25) is 4.79 Å². The van der Waals surface area contributed by atoms with Crippen molar-refractivity contribution in [3.63, 3.8) is 0 Å². The lowest BCUT2D eigenvalue weighted by molar-refractivity contribution is -0.132. The molecule has 0 radical (unpaired) electrons. The third-order valence-corrected chi connectivity index (χ3v) is 4.07. The van der Waals surface area contributed by atoms with Crippen molar-refractivity contribution in [2.45, 2.75) is 51.5 Å². The molecule has 2 atom stereocenters. The first-order valence-electron chi connectivity index (χ1n) is 7.72. The first-order chi connectivity index (χ1) is 9.04. The van der Waals surface area contributed by atoms with Crippen LogP contribution in [0.15, 0.2) is 0 Å². The van der Waals surface area contributed by atoms with Crippen molar-refractivity contribution in [2.75, 3.05) is 33.7 Å². The summed E-state index contributed by atoms with van der Waals surface area (Å²) in [4.78, 5) is 16.6. The summed E-state index contributed by atoms with van der Waals surface area (Å²) >= 11 is 0. The standard InChI is InChI=1S/C15H31N3O/c1-4-9-18(11-10-17(2)3)15(19)12-13-7-5-6-8-14(13)16/h13-14H,4-12,16H2,1-3H3. The molecule has 1 aliphatic rings. The van der Waals surface area contributed by atoms with Crippen LogP contribution >= 0.6 is 0 Å². The van der Waals surface area contributed by atoms with Crippen LogP contribution in [0.3, 0.4) is 0 Å². The summed E-state index contributed by atoms with van der Waals surface area (Å²) < 4.78 is 0. The first kappa shape index (κ1) is 16.4. The van der Waals surface area contributed by atoms with Gasteiger partial charge in [-0.15, -0.1) is 0 Å². The van der Waals surface area contributed by atoms with E-state index in [-0.39, 0.29) is 6.04 Å². The van der Waals surface area contributed by atoms with Crippen molar-refractivity contribution in [3.05, 3.63) is 0 Å². The van der Waals surface area contributed by atoms with Crippen LogP contribution in [-0.2, 0) is 4.79 Å². The molecule has 0 aromatic heterocycles. The minimum absolute atomic E-state index is 0.232. The predicted molar refractivity (Wildman–Crippen MR) is 80.0 cm³/mol. The summed E-state index contributed by atoms with van der Waals surface area (Å²) in [7, 11) is 4.09. The van der Waals surface area contributed by atoms with E-state index in [1.165, 1.54) is 12.8 Å². The summed E-state index contributed by atoms with van der Waals surface area (Å²) in [5, 5.41) is 0. The summed E-state index contributed by atoms with van der Waals surface area (Å²) in [6, 6.07) is 0.232. The zero-order chi connectivity index (χ0) is 14.3. The zero-order valence-electron chi connectivity index (χ0n) is 12.9. The Hall–Kier alpha value is -0.610. The number of hydrogen-bond donors (Lipinski definition) is 1. The van der Waals surface area contributed by atoms with Crippen molar-refractivity contribution in [2.24, 2.45) is 11.7 Å². The maximum absolute atomic E-state index is 12.4. The Morgan fingerprint density at radius 3 is 2.42 bits per heavy atom. The molecule has 0 aliphatic heterocycles. The molecule has 112 valence electrons. The summed E-state index contributed by atoms with van der Waals surface area (Å²) in [5.41, 5.74) is 6.14. The van der Waals surface area contributed by atoms with E-state index in [4.69, 9.17) is 5.73 Å². The van der Waals surface area contributed by atoms with Gasteiger partial charge < -0.3 is 15.5 Å². The number of nitrogens with zero attached hydrogens (tertiary/aromatic N) is 2. The Labute approximate surface area is 118 Å². The maximum atomic E-state index is 12.4. The van der Waals surface area contributed by atoms with Crippen LogP contribution in [0.2, 0.25) is 0 Å². The Bertz CT molecular complexity index is 268. The molecule has 2 unspecified atom stereocenters. The second-order valence-corrected chi connectivity index (χ2v) is 6.10. The zero-order valence-corrected chi connectivity index (χ0v) is 12.9. The quantitative estimate of drug-likeness (QED) is 0.765. The van der Waals surface area contributed by atoms with E-state index in [0.29, 0.717) is 18.2 Å². The van der Waals surface area contributed by atoms with E-state index < -0.39 is 0 Å². The molecule has 1 rings (SSSR count). The van der Waals surface area contributed by atoms with E-state index in [0.717, 1.165) is 38.9 Å². The molecule has 0 saturated heterocycles. The number of rotatable bonds is 7. The van der Waals surface area contributed by atoms with Gasteiger partial charge >= 0.3 is 0 Å². The van der Waals surface area contributed by atoms with Gasteiger partial charge in [-0.2, -0.15) is 0 Å². The second kappa shape index (κ2) is 8.54. The fourth-order valence-corrected chi connectivity index (χ4v) is 2.80. The fraction of sp³-hybridized carbons (Fsp3) is 0.933. The third-order valence-electron chi connectivity index (χ3n) is 4.07. The molecule has 0 heterocycles. The Morgan fingerprint density at radius 2 is 1.84 bits per heavy atom. The number of amides is 1. The lowest BCUT2D eigenvalue weighted by Gasteiger charge is -2.31. The van der Waals surface area contributed by atoms with Crippen LogP contribution < -0.4 is 5.73 Å². The molecule has 1 aliphatic carbocycles. The lowest BCUT2D eigenvalue weighted by atomic mass is 9.82. The molecule has 2 N–H and O–H groups in total. The number of hydrogen-bond acceptors (Lipinski definition) is 3. The minimum atomic E-state index is 0.232. The first-order valence-corrected chi connectivity index (χ1v) is 7.72. The number of carbonyl (C=O) groups is 1. The van der Waals surface area contributed by atoms with Gasteiger partial charge in [0.15, 0.2) is 0 Å². The van der Waals surface area contributed by atoms with Crippen molar-refractivity contribution in [3.8, 4) is 0 Å². The molecule has 4 nitrogen and oxygen atoms in total. The maximum Gasteiger partial charge on any atom is 0.222 e. The Morgan fingerprint density at radius 1 is 1.16 bits per heavy atom. The summed E-state index contributed by atoms with van der Waals surface area (Å²) in [5.74, 6) is 0.700. The van der Waals surface area contributed by atoms with E-state index in [1.807, 2.05) is 19.0 Å². The molecule has 0 aromatic carbocycles. The van der Waals surface area contributed by atoms with Crippen LogP contribution in [0.1, 0.15) is 45.4 Å². The van der Waals surface area contributed by atoms with Crippen LogP contribution in [0.4, 0.5) is 0 Å². The van der Waals surface area contributed by atoms with Crippen LogP contribution in [0.25, 0.3) is 0 Å². The SMILES string of the molecule is CCCN(CCN(C)C)C(=O)CC1CCCCC1N. The highest BCUT2D eigenvalue weighted by Gasteiger charge is 2.26. The normalized spacial score (nSPS) is 23.6. The molecule has 1 amide bonds. The number of likely N-dealkylation sites (N-methyl/N-ethyl adjacent to an activating group) is 1. The van der Waals surface area contributed by atoms with Crippen molar-refractivity contribution < 1.29 is 4.79 Å². The molecule has 4 heteroatoms. The fourth-order valence-electron chi connectivity index (χ4n) is 2.80. The largest absolute Gasteiger partial charge is 0.341 e. The van der Waals surface area contributed by atoms with Crippen molar-refractivity contribution in [1.82, 2.24) is 9.80 Å². The molecule has 19 heavy (non-hydrogen) atoms. The molecule has 0 bridgehead atoms. The molecular weight excluding hydrogens is 238 g/mol. The van der Waals surface area contributed by atoms with Gasteiger partial charge in [-0.25, -0.2) is 0 Å². The van der Waals surface area contributed by atoms with Crippen LogP contribution in [0.5, 0.6) is 0 Å². The summed E-state index contributed by atoms with van der Waals surface area (Å²) in [6.45, 7) is 4.76. The Balaban J connectivity index is 2.45. The van der Waals surface area contributed by atoms with Gasteiger partial charge in [0.05, 0.1) is 0 Å². The van der Waals surface area contributed by atoms with Crippen molar-refractivity contribution >= 4 is 5.91 Å². The van der Waals surface area contributed by atoms with E-state index in [9.17, 15) is 4.79 Å². The average Bonchev–Trinajstić information content (AvgIpc) is 2.37. The molecule has 0 spiro atoms. The number of nitrogens with two attached hydrogens (primary N) is 1. The highest BCUT2D eigenvalue weighted by Crippen LogP contribution is 2.26. The smallest absolute Gasteiger partial charge is 0.222 e. The molecular formula is C15H31N3O. The second-order valence-electron chi connectivity index (χ2n) is 6.10. The van der Waals surface area contributed by atoms with Crippen LogP contribution in [-0.4, -0.2) is 55.5 Å². The summed E-state index contributed by atoms with van der Waals surface area (Å²) in [6.07, 6.45) is 6.34. The predicted octanol–water partition coefficient (Wildman–Crippen LogP) is 1.69. The lowest BCUT2D eigenvalue weighted by Crippen LogP contribution is -2.41. The molecule has 1 saturated carbocycles. The third kappa shape index (κ3) is 5.91. The molecule has 0 aromatic rings. The Kier molecular flexibility index (Phi) is 7.39. The van der Waals surface area contributed by atoms with E-state index >= 15 is 0 Å². The highest BCUT2D eigenvalue weighted by atomic mass is 16.2. The van der Waals surface area contributed by atoms with E-state index in [1.54, 1.807) is 0 Å². The van der Waals surface area contributed by atoms with Gasteiger partial charge in [0.25, 0.3) is 0 Å². The van der Waals surface area contributed by atoms with E-state index in [2.05, 4.69) is 11.8 Å². The average molecular weight is 269 g/mol. The van der Waals surface area contributed by atoms with Gasteiger partial charge in [0.1, 0.15) is 0 Å². The van der Waals surface area contributed by atoms with Gasteiger partial charge in [-0.05, 0) is 39.3 Å². The monoisotopic (exact) mass is 269 g/mol. The van der Waals surface area contributed by atoms with Crippen molar-refractivity contribution in [1.29, 1.82) is 0 Å². The topological polar surface area (TPSA) is 49.6 Å². The van der Waals surface area contributed by atoms with Gasteiger partial charge in [0, 0.05) is 32.1 Å². The highest BCUT2D eigenvalue weighted by molar-refractivity contribution is 5.76. The number of carbonyl (C=O) groups excluding carboxylic acids is 1. The van der Waals surface area contributed by atoms with Gasteiger partial charge in [-0.1, -0.05) is 19.8 Å². The molecule has 1 fully saturated rings. The van der Waals surface area contributed by atoms with Crippen LogP contribution in [0, 0.1) is 5.92 Å². The minimum Gasteiger partial charge on any atom is -0.341 e.